The van der Waals surface area contributed by atoms with E-state index in [0.717, 1.165) is 11.3 Å². The maximum absolute atomic E-state index is 6.17. The summed E-state index contributed by atoms with van der Waals surface area (Å²) in [7, 11) is 1.86. The fourth-order valence-electron chi connectivity index (χ4n) is 1.87. The first-order chi connectivity index (χ1) is 9.65. The van der Waals surface area contributed by atoms with Crippen LogP contribution in [-0.2, 0) is 7.05 Å². The number of hydrogen-bond donors (Lipinski definition) is 0. The first-order valence-corrected chi connectivity index (χ1v) is 6.69. The van der Waals surface area contributed by atoms with Crippen molar-refractivity contribution in [2.24, 2.45) is 7.05 Å². The van der Waals surface area contributed by atoms with Crippen molar-refractivity contribution in [2.45, 2.75) is 0 Å². The van der Waals surface area contributed by atoms with Crippen molar-refractivity contribution in [1.29, 1.82) is 0 Å². The molecule has 0 bridgehead atoms. The molecule has 0 amide bonds. The summed E-state index contributed by atoms with van der Waals surface area (Å²) in [6.45, 7) is 0. The predicted molar refractivity (Wildman–Crippen MR) is 79.7 cm³/mol. The first kappa shape index (κ1) is 13.1. The Morgan fingerprint density at radius 3 is 2.30 bits per heavy atom. The van der Waals surface area contributed by atoms with Gasteiger partial charge in [-0.2, -0.15) is 5.10 Å². The maximum Gasteiger partial charge on any atom is 0.113 e. The highest BCUT2D eigenvalue weighted by Crippen LogP contribution is 2.32. The average molecular weight is 305 g/mol. The molecule has 0 saturated heterocycles. The lowest BCUT2D eigenvalue weighted by Crippen LogP contribution is -1.93. The van der Waals surface area contributed by atoms with E-state index in [4.69, 9.17) is 23.2 Å². The van der Waals surface area contributed by atoms with Gasteiger partial charge in [-0.15, -0.1) is 10.2 Å². The Hall–Kier alpha value is -1.91. The minimum absolute atomic E-state index is 0.481. The van der Waals surface area contributed by atoms with E-state index >= 15 is 0 Å². The molecule has 2 heterocycles. The number of aryl methyl sites for hydroxylation is 1. The van der Waals surface area contributed by atoms with Gasteiger partial charge in [0.1, 0.15) is 11.4 Å². The zero-order valence-electron chi connectivity index (χ0n) is 10.6. The molecule has 0 aliphatic rings. The van der Waals surface area contributed by atoms with Crippen molar-refractivity contribution >= 4 is 23.2 Å². The number of nitrogens with zero attached hydrogens (tertiary/aromatic N) is 4. The van der Waals surface area contributed by atoms with Gasteiger partial charge < -0.3 is 0 Å². The maximum atomic E-state index is 6.17. The lowest BCUT2D eigenvalue weighted by atomic mass is 10.1. The molecule has 2 aromatic heterocycles. The monoisotopic (exact) mass is 304 g/mol. The van der Waals surface area contributed by atoms with Crippen LogP contribution in [0.5, 0.6) is 0 Å². The molecule has 20 heavy (non-hydrogen) atoms. The molecule has 0 N–H and O–H groups in total. The fourth-order valence-corrected chi connectivity index (χ4v) is 2.26. The van der Waals surface area contributed by atoms with Gasteiger partial charge >= 0.3 is 0 Å². The predicted octanol–water partition coefficient (Wildman–Crippen LogP) is 3.85. The van der Waals surface area contributed by atoms with E-state index in [9.17, 15) is 0 Å². The summed E-state index contributed by atoms with van der Waals surface area (Å²) in [5.41, 5.74) is 2.94. The van der Waals surface area contributed by atoms with Crippen LogP contribution in [0.4, 0.5) is 0 Å². The average Bonchev–Trinajstić information content (AvgIpc) is 2.89. The van der Waals surface area contributed by atoms with Crippen LogP contribution >= 0.6 is 23.2 Å². The Morgan fingerprint density at radius 2 is 1.65 bits per heavy atom. The van der Waals surface area contributed by atoms with Crippen LogP contribution in [0, 0.1) is 0 Å². The number of rotatable bonds is 2. The van der Waals surface area contributed by atoms with E-state index in [1.165, 1.54) is 0 Å². The van der Waals surface area contributed by atoms with Gasteiger partial charge in [0.2, 0.25) is 0 Å². The lowest BCUT2D eigenvalue weighted by molar-refractivity contribution is 0.769. The van der Waals surface area contributed by atoms with Crippen molar-refractivity contribution in [3.05, 3.63) is 52.6 Å². The van der Waals surface area contributed by atoms with E-state index in [2.05, 4.69) is 15.3 Å². The Bertz CT molecular complexity index is 750. The molecule has 3 aromatic rings. The Morgan fingerprint density at radius 1 is 0.900 bits per heavy atom. The van der Waals surface area contributed by atoms with Gasteiger partial charge in [-0.05, 0) is 24.3 Å². The summed E-state index contributed by atoms with van der Waals surface area (Å²) in [4.78, 5) is 0. The molecule has 6 heteroatoms. The number of hydrogen-bond acceptors (Lipinski definition) is 3. The third kappa shape index (κ3) is 2.40. The van der Waals surface area contributed by atoms with Crippen LogP contribution in [0.15, 0.2) is 42.6 Å². The molecule has 0 saturated carbocycles. The topological polar surface area (TPSA) is 43.6 Å². The zero-order valence-corrected chi connectivity index (χ0v) is 12.1. The molecule has 0 fully saturated rings. The van der Waals surface area contributed by atoms with E-state index < -0.39 is 0 Å². The molecule has 3 rings (SSSR count). The summed E-state index contributed by atoms with van der Waals surface area (Å²) < 4.78 is 1.72. The molecule has 0 unspecified atom stereocenters. The Labute approximate surface area is 126 Å². The molecule has 0 aliphatic carbocycles. The van der Waals surface area contributed by atoms with Crippen molar-refractivity contribution < 1.29 is 0 Å². The molecule has 0 radical (unpaired) electrons. The van der Waals surface area contributed by atoms with Gasteiger partial charge in [0.05, 0.1) is 15.7 Å². The first-order valence-electron chi connectivity index (χ1n) is 5.93. The molecular weight excluding hydrogens is 295 g/mol. The van der Waals surface area contributed by atoms with Gasteiger partial charge in [0.15, 0.2) is 0 Å². The Balaban J connectivity index is 1.99. The number of aromatic nitrogens is 4. The van der Waals surface area contributed by atoms with Crippen LogP contribution in [-0.4, -0.2) is 20.0 Å². The van der Waals surface area contributed by atoms with Gasteiger partial charge in [0, 0.05) is 18.8 Å². The van der Waals surface area contributed by atoms with Crippen LogP contribution in [0.2, 0.25) is 10.0 Å². The number of halogens is 2. The lowest BCUT2D eigenvalue weighted by Gasteiger charge is -2.04. The van der Waals surface area contributed by atoms with Gasteiger partial charge in [-0.25, -0.2) is 0 Å². The minimum atomic E-state index is 0.481. The highest BCUT2D eigenvalue weighted by molar-refractivity contribution is 6.43. The zero-order chi connectivity index (χ0) is 14.1. The second-order valence-electron chi connectivity index (χ2n) is 4.28. The van der Waals surface area contributed by atoms with Gasteiger partial charge in [-0.1, -0.05) is 35.3 Å². The molecule has 0 atom stereocenters. The summed E-state index contributed by atoms with van der Waals surface area (Å²) in [5.74, 6) is 0. The third-order valence-corrected chi connectivity index (χ3v) is 3.69. The molecule has 0 spiro atoms. The van der Waals surface area contributed by atoms with Crippen LogP contribution in [0.1, 0.15) is 0 Å². The summed E-state index contributed by atoms with van der Waals surface area (Å²) >= 11 is 12.2. The second-order valence-corrected chi connectivity index (χ2v) is 5.07. The SMILES string of the molecule is Cn1ccc(-c2ccc(-c3cccc(Cl)c3Cl)nn2)n1. The van der Waals surface area contributed by atoms with Crippen molar-refractivity contribution in [3.8, 4) is 22.6 Å². The standard InChI is InChI=1S/C14H10Cl2N4/c1-20-8-7-13(19-20)12-6-5-11(17-18-12)9-3-2-4-10(15)14(9)16/h2-8H,1H3. The molecule has 4 nitrogen and oxygen atoms in total. The van der Waals surface area contributed by atoms with Crippen LogP contribution in [0.3, 0.4) is 0 Å². The van der Waals surface area contributed by atoms with Crippen LogP contribution in [0.25, 0.3) is 22.6 Å². The van der Waals surface area contributed by atoms with Crippen molar-refractivity contribution in [2.75, 3.05) is 0 Å². The molecule has 100 valence electrons. The van der Waals surface area contributed by atoms with Gasteiger partial charge in [-0.3, -0.25) is 4.68 Å². The third-order valence-electron chi connectivity index (χ3n) is 2.87. The second kappa shape index (κ2) is 5.23. The van der Waals surface area contributed by atoms with Gasteiger partial charge in [0.25, 0.3) is 0 Å². The molecular formula is C14H10Cl2N4. The highest BCUT2D eigenvalue weighted by Gasteiger charge is 2.10. The summed E-state index contributed by atoms with van der Waals surface area (Å²) in [5, 5.41) is 13.6. The minimum Gasteiger partial charge on any atom is -0.275 e. The fraction of sp³-hybridized carbons (Fsp3) is 0.0714. The smallest absolute Gasteiger partial charge is 0.113 e. The highest BCUT2D eigenvalue weighted by atomic mass is 35.5. The quantitative estimate of drug-likeness (QED) is 0.722. The summed E-state index contributed by atoms with van der Waals surface area (Å²) in [6.07, 6.45) is 1.86. The normalized spacial score (nSPS) is 10.8. The van der Waals surface area contributed by atoms with E-state index in [1.807, 2.05) is 43.6 Å². The molecule has 1 aromatic carbocycles. The van der Waals surface area contributed by atoms with Crippen molar-refractivity contribution in [3.63, 3.8) is 0 Å². The van der Waals surface area contributed by atoms with E-state index in [0.29, 0.717) is 21.4 Å². The van der Waals surface area contributed by atoms with E-state index in [1.54, 1.807) is 10.7 Å². The van der Waals surface area contributed by atoms with Crippen LogP contribution < -0.4 is 0 Å². The Kier molecular flexibility index (Phi) is 3.42. The molecule has 0 aliphatic heterocycles. The van der Waals surface area contributed by atoms with Crippen molar-refractivity contribution in [1.82, 2.24) is 20.0 Å². The largest absolute Gasteiger partial charge is 0.275 e. The summed E-state index contributed by atoms with van der Waals surface area (Å²) in [6, 6.07) is 11.0. The number of benzene rings is 1. The van der Waals surface area contributed by atoms with E-state index in [-0.39, 0.29) is 0 Å².